The maximum Gasteiger partial charge on any atom is 0.408 e. The lowest BCUT2D eigenvalue weighted by Crippen LogP contribution is -2.61. The fourth-order valence-electron chi connectivity index (χ4n) is 3.83. The Balaban J connectivity index is 1.81. The second-order valence-electron chi connectivity index (χ2n) is 9.01. The summed E-state index contributed by atoms with van der Waals surface area (Å²) in [6.45, 7) is 11.3. The molecule has 0 aromatic carbocycles. The number of ether oxygens (including phenoxy) is 1. The number of hydrogen-bond acceptors (Lipinski definition) is 3. The predicted molar refractivity (Wildman–Crippen MR) is 94.5 cm³/mol. The molecule has 2 atom stereocenters. The van der Waals surface area contributed by atoms with Gasteiger partial charge in [0.25, 0.3) is 0 Å². The van der Waals surface area contributed by atoms with Crippen molar-refractivity contribution < 1.29 is 9.53 Å². The van der Waals surface area contributed by atoms with E-state index >= 15 is 0 Å². The van der Waals surface area contributed by atoms with Crippen molar-refractivity contribution in [1.82, 2.24) is 10.6 Å². The van der Waals surface area contributed by atoms with Crippen molar-refractivity contribution in [1.29, 1.82) is 0 Å². The summed E-state index contributed by atoms with van der Waals surface area (Å²) in [5.41, 5.74) is -0.524. The molecular weight excluding hydrogens is 288 g/mol. The quantitative estimate of drug-likeness (QED) is 0.795. The molecule has 2 aliphatic rings. The molecule has 4 nitrogen and oxygen atoms in total. The summed E-state index contributed by atoms with van der Waals surface area (Å²) in [5, 5.41) is 6.88. The average Bonchev–Trinajstić information content (AvgIpc) is 2.40. The first-order valence-electron chi connectivity index (χ1n) is 9.44. The van der Waals surface area contributed by atoms with Crippen molar-refractivity contribution >= 4 is 6.09 Å². The zero-order valence-corrected chi connectivity index (χ0v) is 15.7. The number of alkyl carbamates (subject to hydrolysis) is 1. The van der Waals surface area contributed by atoms with E-state index in [9.17, 15) is 4.79 Å². The summed E-state index contributed by atoms with van der Waals surface area (Å²) in [4.78, 5) is 12.1. The topological polar surface area (TPSA) is 50.4 Å². The number of rotatable bonds is 5. The molecular formula is C19H36N2O2. The summed E-state index contributed by atoms with van der Waals surface area (Å²) in [7, 11) is 0. The third-order valence-corrected chi connectivity index (χ3v) is 5.46. The van der Waals surface area contributed by atoms with Gasteiger partial charge in [0.2, 0.25) is 0 Å². The summed E-state index contributed by atoms with van der Waals surface area (Å²) in [6.07, 6.45) is 8.27. The Hall–Kier alpha value is -0.770. The van der Waals surface area contributed by atoms with Crippen molar-refractivity contribution in [2.24, 2.45) is 11.8 Å². The summed E-state index contributed by atoms with van der Waals surface area (Å²) in [6, 6.07) is 0.606. The molecule has 2 aliphatic carbocycles. The zero-order chi connectivity index (χ0) is 17.1. The number of amides is 1. The highest BCUT2D eigenvalue weighted by Gasteiger charge is 2.40. The van der Waals surface area contributed by atoms with E-state index in [0.717, 1.165) is 31.2 Å². The minimum Gasteiger partial charge on any atom is -0.444 e. The van der Waals surface area contributed by atoms with Crippen LogP contribution in [-0.2, 0) is 4.74 Å². The molecule has 0 aromatic rings. The van der Waals surface area contributed by atoms with Gasteiger partial charge in [0, 0.05) is 12.6 Å². The Morgan fingerprint density at radius 1 is 1.22 bits per heavy atom. The maximum atomic E-state index is 12.1. The molecule has 2 unspecified atom stereocenters. The predicted octanol–water partition coefficient (Wildman–Crippen LogP) is 4.24. The van der Waals surface area contributed by atoms with E-state index in [1.165, 1.54) is 32.1 Å². The zero-order valence-electron chi connectivity index (χ0n) is 15.7. The van der Waals surface area contributed by atoms with Gasteiger partial charge in [-0.1, -0.05) is 26.7 Å². The van der Waals surface area contributed by atoms with E-state index in [2.05, 4.69) is 24.5 Å². The first-order valence-corrected chi connectivity index (χ1v) is 9.44. The van der Waals surface area contributed by atoms with Crippen LogP contribution in [-0.4, -0.2) is 29.8 Å². The Morgan fingerprint density at radius 2 is 1.91 bits per heavy atom. The molecule has 23 heavy (non-hydrogen) atoms. The van der Waals surface area contributed by atoms with Crippen molar-refractivity contribution in [2.45, 2.75) is 96.7 Å². The third kappa shape index (κ3) is 5.66. The van der Waals surface area contributed by atoms with Crippen LogP contribution < -0.4 is 10.6 Å². The molecule has 2 fully saturated rings. The van der Waals surface area contributed by atoms with E-state index in [1.807, 2.05) is 20.8 Å². The van der Waals surface area contributed by atoms with Crippen LogP contribution in [0.3, 0.4) is 0 Å². The number of carbonyl (C=O) groups excluding carboxylic acids is 1. The lowest BCUT2D eigenvalue weighted by molar-refractivity contribution is 0.0374. The van der Waals surface area contributed by atoms with Crippen molar-refractivity contribution in [3.8, 4) is 0 Å². The molecule has 134 valence electrons. The first-order chi connectivity index (χ1) is 10.7. The Kier molecular flexibility index (Phi) is 5.99. The molecule has 0 radical (unpaired) electrons. The van der Waals surface area contributed by atoms with Crippen molar-refractivity contribution in [3.63, 3.8) is 0 Å². The van der Waals surface area contributed by atoms with Crippen LogP contribution in [0.4, 0.5) is 4.79 Å². The highest BCUT2D eigenvalue weighted by atomic mass is 16.6. The summed E-state index contributed by atoms with van der Waals surface area (Å²) < 4.78 is 5.43. The van der Waals surface area contributed by atoms with Gasteiger partial charge < -0.3 is 15.4 Å². The van der Waals surface area contributed by atoms with Gasteiger partial charge in [0.1, 0.15) is 5.60 Å². The van der Waals surface area contributed by atoms with Crippen LogP contribution in [0.25, 0.3) is 0 Å². The van der Waals surface area contributed by atoms with Gasteiger partial charge in [-0.15, -0.1) is 0 Å². The van der Waals surface area contributed by atoms with Gasteiger partial charge in [-0.2, -0.15) is 0 Å². The molecule has 0 spiro atoms. The van der Waals surface area contributed by atoms with Crippen molar-refractivity contribution in [2.75, 3.05) is 6.54 Å². The third-order valence-electron chi connectivity index (χ3n) is 5.46. The lowest BCUT2D eigenvalue weighted by atomic mass is 9.75. The maximum absolute atomic E-state index is 12.1. The molecule has 4 heteroatoms. The van der Waals surface area contributed by atoms with Crippen molar-refractivity contribution in [3.05, 3.63) is 0 Å². The summed E-state index contributed by atoms with van der Waals surface area (Å²) in [5.74, 6) is 1.62. The highest BCUT2D eigenvalue weighted by molar-refractivity contribution is 5.69. The van der Waals surface area contributed by atoms with Gasteiger partial charge >= 0.3 is 6.09 Å². The van der Waals surface area contributed by atoms with Crippen LogP contribution in [0, 0.1) is 11.8 Å². The van der Waals surface area contributed by atoms with E-state index in [1.54, 1.807) is 0 Å². The molecule has 2 N–H and O–H groups in total. The van der Waals surface area contributed by atoms with E-state index in [4.69, 9.17) is 4.74 Å². The second-order valence-corrected chi connectivity index (χ2v) is 9.01. The fraction of sp³-hybridized carbons (Fsp3) is 0.947. The lowest BCUT2D eigenvalue weighted by Gasteiger charge is -2.44. The SMILES string of the molecule is CC(C)C1CCCC(NCC2(NC(=O)OC(C)(C)C)CCC2)C1. The van der Waals surface area contributed by atoms with E-state index < -0.39 is 5.60 Å². The highest BCUT2D eigenvalue weighted by Crippen LogP contribution is 2.33. The molecule has 2 saturated carbocycles. The Morgan fingerprint density at radius 3 is 2.43 bits per heavy atom. The van der Waals surface area contributed by atoms with Gasteiger partial charge in [-0.3, -0.25) is 0 Å². The van der Waals surface area contributed by atoms with Crippen LogP contribution in [0.2, 0.25) is 0 Å². The monoisotopic (exact) mass is 324 g/mol. The van der Waals surface area contributed by atoms with Crippen LogP contribution >= 0.6 is 0 Å². The van der Waals surface area contributed by atoms with E-state index in [-0.39, 0.29) is 11.6 Å². The molecule has 0 bridgehead atoms. The molecule has 0 aliphatic heterocycles. The fourth-order valence-corrected chi connectivity index (χ4v) is 3.83. The Labute approximate surface area is 142 Å². The Bertz CT molecular complexity index is 397. The largest absolute Gasteiger partial charge is 0.444 e. The smallest absolute Gasteiger partial charge is 0.408 e. The minimum absolute atomic E-state index is 0.0902. The second kappa shape index (κ2) is 7.42. The van der Waals surface area contributed by atoms with E-state index in [0.29, 0.717) is 6.04 Å². The molecule has 0 aromatic heterocycles. The first kappa shape index (κ1) is 18.6. The standard InChI is InChI=1S/C19H36N2O2/c1-14(2)15-8-6-9-16(12-15)20-13-19(10-7-11-19)21-17(22)23-18(3,4)5/h14-16,20H,6-13H2,1-5H3,(H,21,22). The van der Waals surface area contributed by atoms with Crippen LogP contribution in [0.15, 0.2) is 0 Å². The van der Waals surface area contributed by atoms with Gasteiger partial charge in [-0.05, 0) is 64.7 Å². The number of hydrogen-bond donors (Lipinski definition) is 2. The molecule has 1 amide bonds. The molecule has 0 heterocycles. The van der Waals surface area contributed by atoms with Crippen LogP contribution in [0.5, 0.6) is 0 Å². The molecule has 0 saturated heterocycles. The van der Waals surface area contributed by atoms with Gasteiger partial charge in [-0.25, -0.2) is 4.79 Å². The average molecular weight is 325 g/mol. The van der Waals surface area contributed by atoms with Crippen LogP contribution in [0.1, 0.15) is 79.6 Å². The summed E-state index contributed by atoms with van der Waals surface area (Å²) >= 11 is 0. The van der Waals surface area contributed by atoms with Gasteiger partial charge in [0.05, 0.1) is 5.54 Å². The number of nitrogens with one attached hydrogen (secondary N) is 2. The minimum atomic E-state index is -0.434. The van der Waals surface area contributed by atoms with Gasteiger partial charge in [0.15, 0.2) is 0 Å². The number of carbonyl (C=O) groups is 1. The normalized spacial score (nSPS) is 27.4. The molecule has 2 rings (SSSR count).